The summed E-state index contributed by atoms with van der Waals surface area (Å²) in [6, 6.07) is 29.9. The van der Waals surface area contributed by atoms with Gasteiger partial charge in [-0.15, -0.1) is 0 Å². The van der Waals surface area contributed by atoms with Crippen LogP contribution in [0.15, 0.2) is 84.9 Å². The maximum absolute atomic E-state index is 4.98. The van der Waals surface area contributed by atoms with Crippen molar-refractivity contribution in [2.75, 3.05) is 0 Å². The molecule has 6 aromatic rings. The van der Waals surface area contributed by atoms with Crippen LogP contribution in [0.5, 0.6) is 0 Å². The minimum atomic E-state index is 1.02. The lowest BCUT2D eigenvalue weighted by Crippen LogP contribution is -1.94. The first-order chi connectivity index (χ1) is 14.7. The normalized spacial score (nSPS) is 11.7. The van der Waals surface area contributed by atoms with Crippen LogP contribution in [0.25, 0.3) is 54.7 Å². The van der Waals surface area contributed by atoms with Gasteiger partial charge in [0, 0.05) is 21.5 Å². The molecule has 0 aliphatic carbocycles. The van der Waals surface area contributed by atoms with Crippen molar-refractivity contribution in [3.63, 3.8) is 0 Å². The monoisotopic (exact) mass is 384 g/mol. The fourth-order valence-electron chi connectivity index (χ4n) is 4.52. The highest BCUT2D eigenvalue weighted by Gasteiger charge is 2.15. The summed E-state index contributed by atoms with van der Waals surface area (Å²) in [7, 11) is 0. The predicted octanol–water partition coefficient (Wildman–Crippen LogP) is 7.37. The molecule has 0 spiro atoms. The van der Waals surface area contributed by atoms with E-state index < -0.39 is 0 Å². The number of aromatic nitrogens is 2. The minimum absolute atomic E-state index is 1.02. The molecule has 0 saturated heterocycles. The van der Waals surface area contributed by atoms with Crippen LogP contribution in [0.1, 0.15) is 11.1 Å². The molecule has 0 aliphatic heterocycles. The molecule has 0 aliphatic rings. The van der Waals surface area contributed by atoms with E-state index in [1.54, 1.807) is 0 Å². The van der Waals surface area contributed by atoms with Gasteiger partial charge in [0.15, 0.2) is 0 Å². The summed E-state index contributed by atoms with van der Waals surface area (Å²) in [5.41, 5.74) is 9.14. The number of hydrogen-bond donors (Lipinski definition) is 0. The van der Waals surface area contributed by atoms with Crippen molar-refractivity contribution in [3.8, 4) is 11.1 Å². The largest absolute Gasteiger partial charge is 0.248 e. The van der Waals surface area contributed by atoms with E-state index in [-0.39, 0.29) is 0 Å². The first-order valence-corrected chi connectivity index (χ1v) is 10.3. The number of fused-ring (bicyclic) bond motifs is 4. The van der Waals surface area contributed by atoms with E-state index in [4.69, 9.17) is 9.97 Å². The molecule has 0 amide bonds. The van der Waals surface area contributed by atoms with Gasteiger partial charge in [0.1, 0.15) is 0 Å². The second-order valence-corrected chi connectivity index (χ2v) is 7.99. The molecule has 2 nitrogen and oxygen atoms in total. The molecule has 0 fully saturated rings. The maximum Gasteiger partial charge on any atom is 0.0718 e. The van der Waals surface area contributed by atoms with Gasteiger partial charge < -0.3 is 0 Å². The third-order valence-corrected chi connectivity index (χ3v) is 6.17. The quantitative estimate of drug-likeness (QED) is 0.277. The fourth-order valence-corrected chi connectivity index (χ4v) is 4.52. The Hall–Kier alpha value is -3.78. The summed E-state index contributed by atoms with van der Waals surface area (Å²) in [6.07, 6.45) is 0. The van der Waals surface area contributed by atoms with E-state index in [0.29, 0.717) is 0 Å². The standard InChI is InChI=1S/C28H20N2/c1-17-14-27-23(16-20-9-4-6-12-25(20)30-27)28(18(17)2)21-10-7-13-26-22(21)15-19-8-3-5-11-24(19)29-26/h3-16H,1-2H3. The molecule has 6 rings (SSSR count). The Kier molecular flexibility index (Phi) is 3.63. The van der Waals surface area contributed by atoms with Crippen LogP contribution in [0.4, 0.5) is 0 Å². The summed E-state index contributed by atoms with van der Waals surface area (Å²) < 4.78 is 0. The van der Waals surface area contributed by atoms with Crippen LogP contribution in [-0.2, 0) is 0 Å². The Labute approximate surface area is 174 Å². The van der Waals surface area contributed by atoms with Gasteiger partial charge in [-0.25, -0.2) is 9.97 Å². The van der Waals surface area contributed by atoms with Crippen LogP contribution < -0.4 is 0 Å². The average Bonchev–Trinajstić information content (AvgIpc) is 2.77. The zero-order chi connectivity index (χ0) is 20.2. The van der Waals surface area contributed by atoms with Crippen molar-refractivity contribution < 1.29 is 0 Å². The number of hydrogen-bond acceptors (Lipinski definition) is 2. The van der Waals surface area contributed by atoms with Gasteiger partial charge in [0.25, 0.3) is 0 Å². The zero-order valence-corrected chi connectivity index (χ0v) is 17.0. The van der Waals surface area contributed by atoms with Crippen LogP contribution in [0.2, 0.25) is 0 Å². The smallest absolute Gasteiger partial charge is 0.0718 e. The van der Waals surface area contributed by atoms with Crippen molar-refractivity contribution >= 4 is 43.6 Å². The predicted molar refractivity (Wildman–Crippen MR) is 127 cm³/mol. The first kappa shape index (κ1) is 17.1. The van der Waals surface area contributed by atoms with Crippen molar-refractivity contribution in [1.29, 1.82) is 0 Å². The van der Waals surface area contributed by atoms with Crippen LogP contribution in [-0.4, -0.2) is 9.97 Å². The first-order valence-electron chi connectivity index (χ1n) is 10.3. The number of aryl methyl sites for hydroxylation is 1. The average molecular weight is 384 g/mol. The van der Waals surface area contributed by atoms with Crippen LogP contribution >= 0.6 is 0 Å². The van der Waals surface area contributed by atoms with Gasteiger partial charge in [-0.1, -0.05) is 48.5 Å². The Morgan fingerprint density at radius 3 is 1.87 bits per heavy atom. The molecule has 30 heavy (non-hydrogen) atoms. The molecule has 0 unspecified atom stereocenters. The van der Waals surface area contributed by atoms with Gasteiger partial charge in [0.2, 0.25) is 0 Å². The molecule has 2 heteroatoms. The van der Waals surface area contributed by atoms with Crippen LogP contribution in [0, 0.1) is 13.8 Å². The highest BCUT2D eigenvalue weighted by molar-refractivity contribution is 6.09. The summed E-state index contributed by atoms with van der Waals surface area (Å²) in [5.74, 6) is 0. The van der Waals surface area contributed by atoms with Crippen molar-refractivity contribution in [2.24, 2.45) is 0 Å². The second-order valence-electron chi connectivity index (χ2n) is 7.99. The minimum Gasteiger partial charge on any atom is -0.248 e. The van der Waals surface area contributed by atoms with E-state index >= 15 is 0 Å². The van der Waals surface area contributed by atoms with Gasteiger partial charge in [-0.05, 0) is 72.5 Å². The summed E-state index contributed by atoms with van der Waals surface area (Å²) >= 11 is 0. The summed E-state index contributed by atoms with van der Waals surface area (Å²) in [4.78, 5) is 9.91. The molecule has 0 bridgehead atoms. The van der Waals surface area contributed by atoms with Gasteiger partial charge in [0.05, 0.1) is 22.1 Å². The number of nitrogens with zero attached hydrogens (tertiary/aromatic N) is 2. The second kappa shape index (κ2) is 6.36. The Morgan fingerprint density at radius 2 is 1.13 bits per heavy atom. The van der Waals surface area contributed by atoms with Crippen molar-refractivity contribution in [3.05, 3.63) is 96.1 Å². The highest BCUT2D eigenvalue weighted by Crippen LogP contribution is 2.38. The molecule has 0 atom stereocenters. The third kappa shape index (κ3) is 2.50. The highest BCUT2D eigenvalue weighted by atomic mass is 14.7. The van der Waals surface area contributed by atoms with Crippen molar-refractivity contribution in [1.82, 2.24) is 9.97 Å². The molecule has 2 heterocycles. The SMILES string of the molecule is Cc1cc2nc3ccccc3cc2c(-c2cccc3nc4ccccc4cc23)c1C. The van der Waals surface area contributed by atoms with Crippen molar-refractivity contribution in [2.45, 2.75) is 13.8 Å². The topological polar surface area (TPSA) is 25.8 Å². The van der Waals surface area contributed by atoms with Gasteiger partial charge in [-0.3, -0.25) is 0 Å². The fraction of sp³-hybridized carbons (Fsp3) is 0.0714. The maximum atomic E-state index is 4.98. The molecule has 2 aromatic heterocycles. The molecule has 0 N–H and O–H groups in total. The van der Waals surface area contributed by atoms with E-state index in [2.05, 4.69) is 86.6 Å². The van der Waals surface area contributed by atoms with E-state index in [9.17, 15) is 0 Å². The summed E-state index contributed by atoms with van der Waals surface area (Å²) in [5, 5.41) is 4.70. The lowest BCUT2D eigenvalue weighted by molar-refractivity contribution is 1.35. The Bertz CT molecular complexity index is 1610. The van der Waals surface area contributed by atoms with Crippen LogP contribution in [0.3, 0.4) is 0 Å². The van der Waals surface area contributed by atoms with Gasteiger partial charge in [-0.2, -0.15) is 0 Å². The van der Waals surface area contributed by atoms with E-state index in [1.165, 1.54) is 38.4 Å². The number of pyridine rings is 2. The molecular formula is C28H20N2. The van der Waals surface area contributed by atoms with E-state index in [1.807, 2.05) is 12.1 Å². The molecule has 4 aromatic carbocycles. The lowest BCUT2D eigenvalue weighted by atomic mass is 9.89. The Balaban J connectivity index is 1.78. The number of para-hydroxylation sites is 2. The molecule has 142 valence electrons. The molecule has 0 radical (unpaired) electrons. The number of rotatable bonds is 1. The number of benzene rings is 4. The molecule has 0 saturated carbocycles. The summed E-state index contributed by atoms with van der Waals surface area (Å²) in [6.45, 7) is 4.39. The zero-order valence-electron chi connectivity index (χ0n) is 17.0. The van der Waals surface area contributed by atoms with Gasteiger partial charge >= 0.3 is 0 Å². The van der Waals surface area contributed by atoms with E-state index in [0.717, 1.165) is 27.5 Å². The Morgan fingerprint density at radius 1 is 0.533 bits per heavy atom. The lowest BCUT2D eigenvalue weighted by Gasteiger charge is -2.16. The molecular weight excluding hydrogens is 364 g/mol. The third-order valence-electron chi connectivity index (χ3n) is 6.17.